The van der Waals surface area contributed by atoms with E-state index in [4.69, 9.17) is 14.2 Å². The Morgan fingerprint density at radius 1 is 0.273 bits per heavy atom. The maximum absolute atomic E-state index is 12.9. The van der Waals surface area contributed by atoms with Crippen LogP contribution in [-0.2, 0) is 28.6 Å². The Labute approximate surface area is 477 Å². The summed E-state index contributed by atoms with van der Waals surface area (Å²) in [5, 5.41) is 0. The Hall–Kier alpha value is -3.41. The van der Waals surface area contributed by atoms with E-state index in [1.165, 1.54) is 180 Å². The molecule has 1 unspecified atom stereocenters. The Bertz CT molecular complexity index is 1470. The zero-order chi connectivity index (χ0) is 55.7. The second-order valence-electron chi connectivity index (χ2n) is 22.0. The molecule has 0 heterocycles. The average molecular weight is 1070 g/mol. The summed E-state index contributed by atoms with van der Waals surface area (Å²) < 4.78 is 16.9. The number of hydrogen-bond donors (Lipinski definition) is 0. The van der Waals surface area contributed by atoms with Gasteiger partial charge >= 0.3 is 17.9 Å². The van der Waals surface area contributed by atoms with Crippen LogP contribution in [0.4, 0.5) is 0 Å². The van der Waals surface area contributed by atoms with Crippen LogP contribution < -0.4 is 0 Å². The largest absolute Gasteiger partial charge is 0.462 e. The number of ether oxygens (including phenoxy) is 3. The van der Waals surface area contributed by atoms with Crippen LogP contribution in [0.25, 0.3) is 0 Å². The van der Waals surface area contributed by atoms with Crippen molar-refractivity contribution < 1.29 is 28.6 Å². The Morgan fingerprint density at radius 3 is 0.792 bits per heavy atom. The number of esters is 3. The van der Waals surface area contributed by atoms with E-state index in [9.17, 15) is 14.4 Å². The molecule has 0 saturated carbocycles. The standard InChI is InChI=1S/C71H124O6/c1-4-7-10-13-16-19-22-24-26-28-29-30-31-32-33-34-35-36-37-38-39-40-41-43-44-46-49-52-55-58-61-64-70(73)76-67-68(66-75-69(72)63-60-57-54-51-48-21-18-15-12-9-6-3)77-71(74)65-62-59-56-53-50-47-45-42-27-25-23-20-17-14-11-8-5-2/h8,11,17,20,22,24-25,27-29,31-32,45,47,68H,4-7,9-10,12-16,18-19,21,23,26,30,33-44,46,48-67H2,1-3H3/b11-8-,20-17-,24-22-,27-25-,29-28-,32-31-,47-45-. The second kappa shape index (κ2) is 65.1. The molecule has 0 fully saturated rings. The predicted molar refractivity (Wildman–Crippen MR) is 334 cm³/mol. The van der Waals surface area contributed by atoms with Crippen LogP contribution in [0.2, 0.25) is 0 Å². The van der Waals surface area contributed by atoms with Gasteiger partial charge in [-0.2, -0.15) is 0 Å². The van der Waals surface area contributed by atoms with Crippen LogP contribution >= 0.6 is 0 Å². The summed E-state index contributed by atoms with van der Waals surface area (Å²) in [6.07, 6.45) is 86.1. The number of carbonyl (C=O) groups excluding carboxylic acids is 3. The van der Waals surface area contributed by atoms with E-state index in [0.29, 0.717) is 19.3 Å². The van der Waals surface area contributed by atoms with Gasteiger partial charge in [0.25, 0.3) is 0 Å². The number of hydrogen-bond acceptors (Lipinski definition) is 6. The van der Waals surface area contributed by atoms with Crippen molar-refractivity contribution >= 4 is 17.9 Å². The van der Waals surface area contributed by atoms with Crippen LogP contribution in [0.3, 0.4) is 0 Å². The fourth-order valence-corrected chi connectivity index (χ4v) is 9.44. The van der Waals surface area contributed by atoms with Crippen LogP contribution in [0.1, 0.15) is 329 Å². The van der Waals surface area contributed by atoms with E-state index < -0.39 is 6.10 Å². The maximum atomic E-state index is 12.9. The van der Waals surface area contributed by atoms with E-state index in [-0.39, 0.29) is 31.1 Å². The highest BCUT2D eigenvalue weighted by molar-refractivity contribution is 5.71. The van der Waals surface area contributed by atoms with Crippen molar-refractivity contribution in [3.05, 3.63) is 85.1 Å². The molecule has 444 valence electrons. The fraction of sp³-hybridized carbons (Fsp3) is 0.761. The molecule has 0 N–H and O–H groups in total. The highest BCUT2D eigenvalue weighted by Gasteiger charge is 2.19. The van der Waals surface area contributed by atoms with Gasteiger partial charge in [-0.1, -0.05) is 298 Å². The highest BCUT2D eigenvalue weighted by Crippen LogP contribution is 2.17. The van der Waals surface area contributed by atoms with E-state index >= 15 is 0 Å². The van der Waals surface area contributed by atoms with Crippen LogP contribution in [-0.4, -0.2) is 37.2 Å². The smallest absolute Gasteiger partial charge is 0.306 e. The molecule has 6 nitrogen and oxygen atoms in total. The first-order chi connectivity index (χ1) is 38.0. The van der Waals surface area contributed by atoms with Crippen LogP contribution in [0, 0.1) is 0 Å². The van der Waals surface area contributed by atoms with Gasteiger partial charge in [0.1, 0.15) is 13.2 Å². The fourth-order valence-electron chi connectivity index (χ4n) is 9.44. The third kappa shape index (κ3) is 63.3. The van der Waals surface area contributed by atoms with Crippen molar-refractivity contribution in [3.63, 3.8) is 0 Å². The molecule has 0 aliphatic carbocycles. The molecule has 0 aromatic heterocycles. The third-order valence-corrected chi connectivity index (χ3v) is 14.4. The van der Waals surface area contributed by atoms with Crippen molar-refractivity contribution in [1.29, 1.82) is 0 Å². The highest BCUT2D eigenvalue weighted by atomic mass is 16.6. The maximum Gasteiger partial charge on any atom is 0.306 e. The molecule has 0 amide bonds. The molecular formula is C71H124O6. The van der Waals surface area contributed by atoms with Gasteiger partial charge in [0.2, 0.25) is 0 Å². The molecule has 77 heavy (non-hydrogen) atoms. The van der Waals surface area contributed by atoms with E-state index in [2.05, 4.69) is 106 Å². The SMILES string of the molecule is CC/C=C\C/C=C\C/C=C\C/C=C\CCCCCCC(=O)OC(COC(=O)CCCCCCCCCCCCC)COC(=O)CCCCCCCCCCCCCCCCCC/C=C\C/C=C\C/C=C\CCCCCCC. The normalized spacial score (nSPS) is 12.6. The van der Waals surface area contributed by atoms with Gasteiger partial charge in [0.05, 0.1) is 0 Å². The van der Waals surface area contributed by atoms with Crippen molar-refractivity contribution in [2.45, 2.75) is 335 Å². The topological polar surface area (TPSA) is 78.9 Å². The van der Waals surface area contributed by atoms with Gasteiger partial charge in [-0.25, -0.2) is 0 Å². The lowest BCUT2D eigenvalue weighted by atomic mass is 10.0. The molecule has 0 aromatic rings. The van der Waals surface area contributed by atoms with Crippen molar-refractivity contribution in [1.82, 2.24) is 0 Å². The third-order valence-electron chi connectivity index (χ3n) is 14.4. The molecule has 1 atom stereocenters. The Balaban J connectivity index is 4.18. The number of unbranched alkanes of at least 4 members (excludes halogenated alkanes) is 35. The first kappa shape index (κ1) is 73.6. The summed E-state index contributed by atoms with van der Waals surface area (Å²) >= 11 is 0. The molecule has 0 aromatic carbocycles. The van der Waals surface area contributed by atoms with E-state index in [0.717, 1.165) is 109 Å². The summed E-state index contributed by atoms with van der Waals surface area (Å²) in [5.74, 6) is -0.895. The number of allylic oxidation sites excluding steroid dienone is 14. The number of rotatable bonds is 60. The molecule has 0 saturated heterocycles. The zero-order valence-corrected chi connectivity index (χ0v) is 51.0. The molecule has 0 radical (unpaired) electrons. The van der Waals surface area contributed by atoms with Gasteiger partial charge in [0.15, 0.2) is 6.10 Å². The average Bonchev–Trinajstić information content (AvgIpc) is 3.43. The minimum absolute atomic E-state index is 0.0830. The summed E-state index contributed by atoms with van der Waals surface area (Å²) in [7, 11) is 0. The lowest BCUT2D eigenvalue weighted by molar-refractivity contribution is -0.167. The Morgan fingerprint density at radius 2 is 0.506 bits per heavy atom. The van der Waals surface area contributed by atoms with Crippen molar-refractivity contribution in [2.75, 3.05) is 13.2 Å². The van der Waals surface area contributed by atoms with Gasteiger partial charge in [-0.15, -0.1) is 0 Å². The van der Waals surface area contributed by atoms with E-state index in [1.807, 2.05) is 0 Å². The van der Waals surface area contributed by atoms with Crippen LogP contribution in [0.15, 0.2) is 85.1 Å². The first-order valence-corrected chi connectivity index (χ1v) is 33.1. The molecule has 0 bridgehead atoms. The lowest BCUT2D eigenvalue weighted by Gasteiger charge is -2.18. The minimum Gasteiger partial charge on any atom is -0.462 e. The van der Waals surface area contributed by atoms with Gasteiger partial charge < -0.3 is 14.2 Å². The lowest BCUT2D eigenvalue weighted by Crippen LogP contribution is -2.30. The summed E-state index contributed by atoms with van der Waals surface area (Å²) in [5.41, 5.74) is 0. The van der Waals surface area contributed by atoms with E-state index in [1.54, 1.807) is 0 Å². The summed E-state index contributed by atoms with van der Waals surface area (Å²) in [6, 6.07) is 0. The quantitative estimate of drug-likeness (QED) is 0.0261. The number of carbonyl (C=O) groups is 3. The second-order valence-corrected chi connectivity index (χ2v) is 22.0. The molecule has 0 spiro atoms. The molecular weight excluding hydrogens is 949 g/mol. The minimum atomic E-state index is -0.788. The zero-order valence-electron chi connectivity index (χ0n) is 51.0. The summed E-state index contributed by atoms with van der Waals surface area (Å²) in [4.78, 5) is 38.2. The summed E-state index contributed by atoms with van der Waals surface area (Å²) in [6.45, 7) is 6.52. The predicted octanol–water partition coefficient (Wildman–Crippen LogP) is 22.7. The van der Waals surface area contributed by atoms with Gasteiger partial charge in [-0.3, -0.25) is 14.4 Å². The van der Waals surface area contributed by atoms with Gasteiger partial charge in [-0.05, 0) is 96.3 Å². The first-order valence-electron chi connectivity index (χ1n) is 33.1. The molecule has 0 aliphatic rings. The Kier molecular flexibility index (Phi) is 62.2. The molecule has 0 rings (SSSR count). The van der Waals surface area contributed by atoms with Gasteiger partial charge in [0, 0.05) is 19.3 Å². The monoisotopic (exact) mass is 1070 g/mol. The van der Waals surface area contributed by atoms with Crippen LogP contribution in [0.5, 0.6) is 0 Å². The molecule has 0 aliphatic heterocycles. The van der Waals surface area contributed by atoms with Crippen molar-refractivity contribution in [2.24, 2.45) is 0 Å². The molecule has 6 heteroatoms. The van der Waals surface area contributed by atoms with Crippen molar-refractivity contribution in [3.8, 4) is 0 Å².